The lowest BCUT2D eigenvalue weighted by Gasteiger charge is -2.32. The normalized spacial score (nSPS) is 24.5. The average Bonchev–Trinajstić information content (AvgIpc) is 3.42. The molecule has 0 bridgehead atoms. The Hall–Kier alpha value is -4.18. The zero-order chi connectivity index (χ0) is 27.9. The summed E-state index contributed by atoms with van der Waals surface area (Å²) >= 11 is 0. The van der Waals surface area contributed by atoms with Crippen LogP contribution < -0.4 is 15.0 Å². The van der Waals surface area contributed by atoms with Crippen molar-refractivity contribution in [2.45, 2.75) is 24.2 Å². The van der Waals surface area contributed by atoms with Crippen molar-refractivity contribution in [3.05, 3.63) is 95.6 Å². The molecule has 202 valence electrons. The number of hydrogen-bond acceptors (Lipinski definition) is 6. The van der Waals surface area contributed by atoms with Crippen LogP contribution in [0.25, 0.3) is 0 Å². The van der Waals surface area contributed by atoms with Crippen LogP contribution in [0.4, 0.5) is 18.9 Å². The van der Waals surface area contributed by atoms with E-state index in [9.17, 15) is 27.6 Å². The number of amides is 2. The second-order valence-electron chi connectivity index (χ2n) is 9.58. The monoisotopic (exact) mass is 538 g/mol. The number of anilines is 1. The van der Waals surface area contributed by atoms with Crippen LogP contribution in [0, 0.1) is 11.8 Å². The predicted molar refractivity (Wildman–Crippen MR) is 135 cm³/mol. The van der Waals surface area contributed by atoms with Crippen molar-refractivity contribution < 1.29 is 37.0 Å². The SMILES string of the molecule is COC(=O)[C@]1(Cc2ccccc2)N[C@H](c2ccc(OC)cc2)[C@H]2C(=O)N(c3cccc(C(F)(F)F)c3)C(=O)[C@H]21. The molecule has 2 aliphatic heterocycles. The summed E-state index contributed by atoms with van der Waals surface area (Å²) in [5, 5.41) is 3.26. The Morgan fingerprint density at radius 3 is 2.26 bits per heavy atom. The number of halogens is 3. The van der Waals surface area contributed by atoms with Gasteiger partial charge in [-0.25, -0.2) is 4.90 Å². The Kier molecular flexibility index (Phi) is 6.67. The number of ether oxygens (including phenoxy) is 2. The smallest absolute Gasteiger partial charge is 0.416 e. The number of hydrogen-bond donors (Lipinski definition) is 1. The number of benzene rings is 3. The van der Waals surface area contributed by atoms with Crippen LogP contribution >= 0.6 is 0 Å². The third-order valence-corrected chi connectivity index (χ3v) is 7.44. The van der Waals surface area contributed by atoms with Gasteiger partial charge in [0.2, 0.25) is 11.8 Å². The zero-order valence-corrected chi connectivity index (χ0v) is 21.1. The maximum absolute atomic E-state index is 14.0. The molecular weight excluding hydrogens is 513 g/mol. The number of carbonyl (C=O) groups is 3. The third-order valence-electron chi connectivity index (χ3n) is 7.44. The summed E-state index contributed by atoms with van der Waals surface area (Å²) in [5.41, 5.74) is -1.54. The standard InChI is InChI=1S/C29H25F3N2O5/c1-38-21-13-11-18(12-14-21)24-22-23(28(33-24,27(37)39-2)16-17-7-4-3-5-8-17)26(36)34(25(22)35)20-10-6-9-19(15-20)29(30,31)32/h3-15,22-24,33H,16H2,1-2H3/t22-,23-,24+,28+/m0/s1. The van der Waals surface area contributed by atoms with Crippen molar-refractivity contribution >= 4 is 23.5 Å². The first-order valence-corrected chi connectivity index (χ1v) is 12.2. The van der Waals surface area contributed by atoms with Crippen LogP contribution in [0.2, 0.25) is 0 Å². The van der Waals surface area contributed by atoms with E-state index >= 15 is 0 Å². The van der Waals surface area contributed by atoms with Crippen LogP contribution in [0.1, 0.15) is 22.7 Å². The van der Waals surface area contributed by atoms with E-state index < -0.39 is 52.9 Å². The highest BCUT2D eigenvalue weighted by atomic mass is 19.4. The lowest BCUT2D eigenvalue weighted by atomic mass is 9.76. The summed E-state index contributed by atoms with van der Waals surface area (Å²) in [7, 11) is 2.70. The fourth-order valence-corrected chi connectivity index (χ4v) is 5.70. The van der Waals surface area contributed by atoms with E-state index in [0.717, 1.165) is 23.1 Å². The molecule has 0 aromatic heterocycles. The summed E-state index contributed by atoms with van der Waals surface area (Å²) in [4.78, 5) is 42.2. The molecule has 1 N–H and O–H groups in total. The maximum Gasteiger partial charge on any atom is 0.416 e. The minimum atomic E-state index is -4.67. The van der Waals surface area contributed by atoms with E-state index in [4.69, 9.17) is 9.47 Å². The Balaban J connectivity index is 1.66. The lowest BCUT2D eigenvalue weighted by Crippen LogP contribution is -2.57. The van der Waals surface area contributed by atoms with Gasteiger partial charge in [0, 0.05) is 12.5 Å². The van der Waals surface area contributed by atoms with Gasteiger partial charge >= 0.3 is 12.1 Å². The van der Waals surface area contributed by atoms with E-state index in [1.807, 2.05) is 0 Å². The van der Waals surface area contributed by atoms with Gasteiger partial charge in [0.05, 0.1) is 37.3 Å². The zero-order valence-electron chi connectivity index (χ0n) is 21.1. The highest BCUT2D eigenvalue weighted by Gasteiger charge is 2.69. The number of imide groups is 1. The second kappa shape index (κ2) is 9.85. The maximum atomic E-state index is 14.0. The number of nitrogens with one attached hydrogen (secondary N) is 1. The number of nitrogens with zero attached hydrogens (tertiary/aromatic N) is 1. The van der Waals surface area contributed by atoms with Gasteiger partial charge in [-0.3, -0.25) is 19.7 Å². The van der Waals surface area contributed by atoms with E-state index in [1.54, 1.807) is 54.6 Å². The van der Waals surface area contributed by atoms with Crippen LogP contribution in [0.5, 0.6) is 5.75 Å². The number of carbonyl (C=O) groups excluding carboxylic acids is 3. The van der Waals surface area contributed by atoms with Crippen molar-refractivity contribution in [3.63, 3.8) is 0 Å². The minimum absolute atomic E-state index is 0.0176. The van der Waals surface area contributed by atoms with Crippen molar-refractivity contribution in [2.24, 2.45) is 11.8 Å². The molecular formula is C29H25F3N2O5. The topological polar surface area (TPSA) is 84.9 Å². The lowest BCUT2D eigenvalue weighted by molar-refractivity contribution is -0.152. The minimum Gasteiger partial charge on any atom is -0.497 e. The molecule has 2 amide bonds. The predicted octanol–water partition coefficient (Wildman–Crippen LogP) is 4.32. The van der Waals surface area contributed by atoms with Crippen molar-refractivity contribution in [1.82, 2.24) is 5.32 Å². The number of rotatable bonds is 6. The van der Waals surface area contributed by atoms with Gasteiger partial charge in [-0.05, 0) is 41.5 Å². The Labute approximate surface area is 222 Å². The van der Waals surface area contributed by atoms with E-state index in [2.05, 4.69) is 5.32 Å². The van der Waals surface area contributed by atoms with Crippen LogP contribution in [-0.2, 0) is 31.7 Å². The Morgan fingerprint density at radius 2 is 1.64 bits per heavy atom. The van der Waals surface area contributed by atoms with Gasteiger partial charge in [-0.15, -0.1) is 0 Å². The molecule has 0 spiro atoms. The molecule has 2 heterocycles. The molecule has 2 aliphatic rings. The van der Waals surface area contributed by atoms with Crippen LogP contribution in [-0.4, -0.2) is 37.5 Å². The number of methoxy groups -OCH3 is 2. The number of fused-ring (bicyclic) bond motifs is 1. The molecule has 0 radical (unpaired) electrons. The van der Waals surface area contributed by atoms with Gasteiger partial charge in [-0.2, -0.15) is 13.2 Å². The highest BCUT2D eigenvalue weighted by Crippen LogP contribution is 2.51. The first kappa shape index (κ1) is 26.4. The molecule has 39 heavy (non-hydrogen) atoms. The first-order valence-electron chi connectivity index (χ1n) is 12.2. The van der Waals surface area contributed by atoms with Crippen LogP contribution in [0.15, 0.2) is 78.9 Å². The number of alkyl halides is 3. The number of esters is 1. The molecule has 5 rings (SSSR count). The van der Waals surface area contributed by atoms with Crippen LogP contribution in [0.3, 0.4) is 0 Å². The van der Waals surface area contributed by atoms with Gasteiger partial charge in [0.15, 0.2) is 0 Å². The quantitative estimate of drug-likeness (QED) is 0.372. The van der Waals surface area contributed by atoms with Crippen molar-refractivity contribution in [1.29, 1.82) is 0 Å². The van der Waals surface area contributed by atoms with E-state index in [1.165, 1.54) is 20.3 Å². The molecule has 10 heteroatoms. The molecule has 3 aromatic rings. The Bertz CT molecular complexity index is 1410. The first-order chi connectivity index (χ1) is 18.6. The van der Waals surface area contributed by atoms with Crippen molar-refractivity contribution in [2.75, 3.05) is 19.1 Å². The van der Waals surface area contributed by atoms with E-state index in [-0.39, 0.29) is 12.1 Å². The molecule has 0 saturated carbocycles. The molecule has 0 unspecified atom stereocenters. The largest absolute Gasteiger partial charge is 0.497 e. The molecule has 2 fully saturated rings. The molecule has 4 atom stereocenters. The van der Waals surface area contributed by atoms with Gasteiger partial charge in [0.1, 0.15) is 11.3 Å². The summed E-state index contributed by atoms with van der Waals surface area (Å²) in [6.07, 6.45) is -4.66. The average molecular weight is 539 g/mol. The summed E-state index contributed by atoms with van der Waals surface area (Å²) < 4.78 is 50.8. The van der Waals surface area contributed by atoms with Gasteiger partial charge in [-0.1, -0.05) is 48.5 Å². The molecule has 3 aromatic carbocycles. The summed E-state index contributed by atoms with van der Waals surface area (Å²) in [5.74, 6) is -3.96. The second-order valence-corrected chi connectivity index (χ2v) is 9.58. The molecule has 7 nitrogen and oxygen atoms in total. The fourth-order valence-electron chi connectivity index (χ4n) is 5.70. The highest BCUT2D eigenvalue weighted by molar-refractivity contribution is 6.24. The van der Waals surface area contributed by atoms with Crippen molar-refractivity contribution in [3.8, 4) is 5.75 Å². The molecule has 2 saturated heterocycles. The third kappa shape index (κ3) is 4.44. The molecule has 0 aliphatic carbocycles. The summed E-state index contributed by atoms with van der Waals surface area (Å²) in [6, 6.07) is 19.0. The fraction of sp³-hybridized carbons (Fsp3) is 0.276. The summed E-state index contributed by atoms with van der Waals surface area (Å²) in [6.45, 7) is 0. The van der Waals surface area contributed by atoms with Gasteiger partial charge < -0.3 is 9.47 Å². The van der Waals surface area contributed by atoms with Gasteiger partial charge in [0.25, 0.3) is 0 Å². The Morgan fingerprint density at radius 1 is 0.949 bits per heavy atom. The van der Waals surface area contributed by atoms with E-state index in [0.29, 0.717) is 16.9 Å².